The van der Waals surface area contributed by atoms with E-state index in [9.17, 15) is 0 Å². The minimum atomic E-state index is 0.233. The van der Waals surface area contributed by atoms with E-state index in [1.54, 1.807) is 5.01 Å². The molecule has 0 saturated heterocycles. The number of nitrogens with zero attached hydrogens (tertiary/aromatic N) is 1. The van der Waals surface area contributed by atoms with E-state index in [-0.39, 0.29) is 6.04 Å². The normalized spacial score (nSPS) is 10.5. The van der Waals surface area contributed by atoms with Gasteiger partial charge in [-0.1, -0.05) is 15.9 Å². The number of anilines is 2. The molecule has 1 aromatic carbocycles. The summed E-state index contributed by atoms with van der Waals surface area (Å²) in [4.78, 5) is 0. The number of hydrazine groups is 1. The third-order valence-corrected chi connectivity index (χ3v) is 2.32. The van der Waals surface area contributed by atoms with Gasteiger partial charge in [0.25, 0.3) is 0 Å². The van der Waals surface area contributed by atoms with Crippen LogP contribution in [0, 0.1) is 0 Å². The summed E-state index contributed by atoms with van der Waals surface area (Å²) in [6.07, 6.45) is 0. The average Bonchev–Trinajstić information content (AvgIpc) is 2.08. The highest BCUT2D eigenvalue weighted by Crippen LogP contribution is 2.26. The molecule has 0 heterocycles. The second-order valence-corrected chi connectivity index (χ2v) is 4.12. The van der Waals surface area contributed by atoms with Gasteiger partial charge in [0.1, 0.15) is 0 Å². The Morgan fingerprint density at radius 2 is 2.00 bits per heavy atom. The van der Waals surface area contributed by atoms with Gasteiger partial charge in [0, 0.05) is 10.5 Å². The number of halogens is 1. The second-order valence-electron chi connectivity index (χ2n) is 3.20. The highest BCUT2D eigenvalue weighted by Gasteiger charge is 2.09. The van der Waals surface area contributed by atoms with Gasteiger partial charge >= 0.3 is 0 Å². The van der Waals surface area contributed by atoms with Crippen LogP contribution in [-0.2, 0) is 0 Å². The van der Waals surface area contributed by atoms with Crippen LogP contribution in [0.4, 0.5) is 11.4 Å². The fourth-order valence-corrected chi connectivity index (χ4v) is 1.37. The van der Waals surface area contributed by atoms with E-state index in [0.29, 0.717) is 5.69 Å². The van der Waals surface area contributed by atoms with Crippen molar-refractivity contribution < 1.29 is 0 Å². The van der Waals surface area contributed by atoms with Crippen molar-refractivity contribution in [3.63, 3.8) is 0 Å². The molecule has 0 unspecified atom stereocenters. The first kappa shape index (κ1) is 10.3. The van der Waals surface area contributed by atoms with Gasteiger partial charge in [-0.3, -0.25) is 0 Å². The Morgan fingerprint density at radius 3 is 2.54 bits per heavy atom. The molecular weight excluding hydrogens is 230 g/mol. The van der Waals surface area contributed by atoms with E-state index in [1.807, 2.05) is 32.0 Å². The van der Waals surface area contributed by atoms with Crippen molar-refractivity contribution in [1.29, 1.82) is 0 Å². The van der Waals surface area contributed by atoms with Crippen molar-refractivity contribution >= 4 is 27.3 Å². The SMILES string of the molecule is CC(C)N(N)c1cc(Br)ccc1N. The minimum Gasteiger partial charge on any atom is -0.397 e. The zero-order valence-corrected chi connectivity index (χ0v) is 9.38. The van der Waals surface area contributed by atoms with Crippen LogP contribution < -0.4 is 16.6 Å². The standard InChI is InChI=1S/C9H14BrN3/c1-6(2)13(12)9-5-7(10)3-4-8(9)11/h3-6H,11-12H2,1-2H3. The maximum atomic E-state index is 5.84. The summed E-state index contributed by atoms with van der Waals surface area (Å²) in [6, 6.07) is 5.88. The topological polar surface area (TPSA) is 55.3 Å². The summed E-state index contributed by atoms with van der Waals surface area (Å²) in [5.74, 6) is 5.84. The van der Waals surface area contributed by atoms with Crippen LogP contribution in [0.2, 0.25) is 0 Å². The summed E-state index contributed by atoms with van der Waals surface area (Å²) < 4.78 is 0.979. The first-order valence-corrected chi connectivity index (χ1v) is 4.90. The summed E-state index contributed by atoms with van der Waals surface area (Å²) in [5.41, 5.74) is 7.33. The molecule has 0 spiro atoms. The molecule has 72 valence electrons. The summed E-state index contributed by atoms with van der Waals surface area (Å²) in [6.45, 7) is 4.03. The van der Waals surface area contributed by atoms with Crippen molar-refractivity contribution in [3.8, 4) is 0 Å². The Hall–Kier alpha value is -0.740. The van der Waals surface area contributed by atoms with Gasteiger partial charge in [-0.2, -0.15) is 0 Å². The van der Waals surface area contributed by atoms with Crippen LogP contribution in [0.1, 0.15) is 13.8 Å². The molecular formula is C9H14BrN3. The molecule has 0 aliphatic carbocycles. The quantitative estimate of drug-likeness (QED) is 0.476. The maximum absolute atomic E-state index is 5.84. The van der Waals surface area contributed by atoms with Crippen molar-refractivity contribution in [2.45, 2.75) is 19.9 Å². The number of nitrogen functional groups attached to an aromatic ring is 1. The fraction of sp³-hybridized carbons (Fsp3) is 0.333. The minimum absolute atomic E-state index is 0.233. The van der Waals surface area contributed by atoms with Crippen LogP contribution in [0.25, 0.3) is 0 Å². The summed E-state index contributed by atoms with van der Waals surface area (Å²) >= 11 is 3.38. The zero-order chi connectivity index (χ0) is 10.0. The highest BCUT2D eigenvalue weighted by molar-refractivity contribution is 9.10. The molecule has 4 heteroatoms. The first-order valence-electron chi connectivity index (χ1n) is 4.11. The van der Waals surface area contributed by atoms with Gasteiger partial charge in [-0.15, -0.1) is 0 Å². The third-order valence-electron chi connectivity index (χ3n) is 1.83. The van der Waals surface area contributed by atoms with E-state index >= 15 is 0 Å². The monoisotopic (exact) mass is 243 g/mol. The zero-order valence-electron chi connectivity index (χ0n) is 7.79. The molecule has 4 N–H and O–H groups in total. The molecule has 0 radical (unpaired) electrons. The highest BCUT2D eigenvalue weighted by atomic mass is 79.9. The third kappa shape index (κ3) is 2.35. The Labute approximate surface area is 86.8 Å². The van der Waals surface area contributed by atoms with Gasteiger partial charge in [0.05, 0.1) is 11.4 Å². The fourth-order valence-electron chi connectivity index (χ4n) is 1.02. The van der Waals surface area contributed by atoms with E-state index in [1.165, 1.54) is 0 Å². The number of hydrogen-bond donors (Lipinski definition) is 2. The lowest BCUT2D eigenvalue weighted by molar-refractivity contribution is 0.712. The molecule has 0 aliphatic rings. The van der Waals surface area contributed by atoms with Gasteiger partial charge in [0.2, 0.25) is 0 Å². The average molecular weight is 244 g/mol. The number of nitrogens with two attached hydrogens (primary N) is 2. The first-order chi connectivity index (χ1) is 6.02. The van der Waals surface area contributed by atoms with E-state index in [2.05, 4.69) is 15.9 Å². The van der Waals surface area contributed by atoms with Crippen LogP contribution in [0.5, 0.6) is 0 Å². The van der Waals surface area contributed by atoms with Crippen molar-refractivity contribution in [2.75, 3.05) is 10.7 Å². The second kappa shape index (κ2) is 3.98. The summed E-state index contributed by atoms with van der Waals surface area (Å²) in [5, 5.41) is 1.65. The maximum Gasteiger partial charge on any atom is 0.0760 e. The predicted molar refractivity (Wildman–Crippen MR) is 60.4 cm³/mol. The van der Waals surface area contributed by atoms with Gasteiger partial charge in [0.15, 0.2) is 0 Å². The molecule has 3 nitrogen and oxygen atoms in total. The Morgan fingerprint density at radius 1 is 1.38 bits per heavy atom. The van der Waals surface area contributed by atoms with E-state index in [4.69, 9.17) is 11.6 Å². The van der Waals surface area contributed by atoms with Crippen molar-refractivity contribution in [1.82, 2.24) is 0 Å². The largest absolute Gasteiger partial charge is 0.397 e. The van der Waals surface area contributed by atoms with Crippen LogP contribution in [0.15, 0.2) is 22.7 Å². The molecule has 0 bridgehead atoms. The lowest BCUT2D eigenvalue weighted by atomic mass is 10.2. The molecule has 0 amide bonds. The van der Waals surface area contributed by atoms with Crippen LogP contribution in [-0.4, -0.2) is 6.04 Å². The Bertz CT molecular complexity index is 299. The summed E-state index contributed by atoms with van der Waals surface area (Å²) in [7, 11) is 0. The van der Waals surface area contributed by atoms with Crippen LogP contribution >= 0.6 is 15.9 Å². The molecule has 13 heavy (non-hydrogen) atoms. The molecule has 1 rings (SSSR count). The van der Waals surface area contributed by atoms with Crippen molar-refractivity contribution in [2.24, 2.45) is 5.84 Å². The molecule has 0 fully saturated rings. The molecule has 0 atom stereocenters. The molecule has 0 aromatic heterocycles. The number of benzene rings is 1. The predicted octanol–water partition coefficient (Wildman–Crippen LogP) is 2.12. The lowest BCUT2D eigenvalue weighted by Gasteiger charge is -2.24. The van der Waals surface area contributed by atoms with Crippen LogP contribution in [0.3, 0.4) is 0 Å². The molecule has 0 aliphatic heterocycles. The number of rotatable bonds is 2. The smallest absolute Gasteiger partial charge is 0.0760 e. The van der Waals surface area contributed by atoms with Crippen molar-refractivity contribution in [3.05, 3.63) is 22.7 Å². The Kier molecular flexibility index (Phi) is 3.17. The number of hydrogen-bond acceptors (Lipinski definition) is 3. The van der Waals surface area contributed by atoms with Gasteiger partial charge < -0.3 is 10.7 Å². The van der Waals surface area contributed by atoms with E-state index in [0.717, 1.165) is 10.2 Å². The van der Waals surface area contributed by atoms with E-state index < -0.39 is 0 Å². The van der Waals surface area contributed by atoms with Gasteiger partial charge in [-0.05, 0) is 32.0 Å². The Balaban J connectivity index is 3.05. The molecule has 1 aromatic rings. The molecule has 0 saturated carbocycles. The van der Waals surface area contributed by atoms with Gasteiger partial charge in [-0.25, -0.2) is 5.84 Å². The lowest BCUT2D eigenvalue weighted by Crippen LogP contribution is -2.37.